The fraction of sp³-hybridized carbons (Fsp3) is 0.111. The molecule has 0 bridgehead atoms. The van der Waals surface area contributed by atoms with Gasteiger partial charge in [-0.25, -0.2) is 8.42 Å². The zero-order valence-corrected chi connectivity index (χ0v) is 14.1. The minimum absolute atomic E-state index is 0.157. The Kier molecular flexibility index (Phi) is 3.38. The number of hydrogen-bond acceptors (Lipinski definition) is 4. The molecule has 0 saturated carbocycles. The van der Waals surface area contributed by atoms with E-state index >= 15 is 0 Å². The standard InChI is InChI=1S/C18H14N2O4S/c1-25(23,24)19-10-20-16-12-7-3-4-8-13(12)17(21)15(16)11-6-2-5-9-14(11)18(20)22/h2-9,19H,10H2,1H3. The summed E-state index contributed by atoms with van der Waals surface area (Å²) in [6, 6.07) is 13.9. The number of nitrogens with zero attached hydrogens (tertiary/aromatic N) is 1. The van der Waals surface area contributed by atoms with Crippen molar-refractivity contribution in [2.24, 2.45) is 0 Å². The Morgan fingerprint density at radius 2 is 1.52 bits per heavy atom. The Morgan fingerprint density at radius 3 is 2.20 bits per heavy atom. The number of rotatable bonds is 3. The molecule has 126 valence electrons. The summed E-state index contributed by atoms with van der Waals surface area (Å²) in [7, 11) is -3.50. The summed E-state index contributed by atoms with van der Waals surface area (Å²) in [5.41, 5.74) is 1.71. The average molecular weight is 354 g/mol. The molecule has 25 heavy (non-hydrogen) atoms. The van der Waals surface area contributed by atoms with E-state index in [1.807, 2.05) is 0 Å². The van der Waals surface area contributed by atoms with Crippen LogP contribution in [-0.4, -0.2) is 25.0 Å². The highest BCUT2D eigenvalue weighted by molar-refractivity contribution is 7.88. The van der Waals surface area contributed by atoms with Crippen LogP contribution in [0.2, 0.25) is 0 Å². The van der Waals surface area contributed by atoms with E-state index in [0.29, 0.717) is 33.2 Å². The number of nitrogens with one attached hydrogen (secondary N) is 1. The van der Waals surface area contributed by atoms with Crippen LogP contribution < -0.4 is 10.3 Å². The van der Waals surface area contributed by atoms with Crippen molar-refractivity contribution in [1.82, 2.24) is 9.29 Å². The molecule has 7 heteroatoms. The maximum Gasteiger partial charge on any atom is 0.260 e. The Bertz CT molecular complexity index is 1210. The van der Waals surface area contributed by atoms with Crippen LogP contribution in [-0.2, 0) is 16.7 Å². The van der Waals surface area contributed by atoms with Crippen molar-refractivity contribution in [3.05, 3.63) is 70.0 Å². The van der Waals surface area contributed by atoms with Crippen molar-refractivity contribution in [1.29, 1.82) is 0 Å². The van der Waals surface area contributed by atoms with Crippen LogP contribution in [0.15, 0.2) is 53.3 Å². The third kappa shape index (κ3) is 2.40. The Balaban J connectivity index is 2.11. The summed E-state index contributed by atoms with van der Waals surface area (Å²) in [6.07, 6.45) is 1.03. The fourth-order valence-electron chi connectivity index (χ4n) is 3.26. The summed E-state index contributed by atoms with van der Waals surface area (Å²) < 4.78 is 26.7. The predicted octanol–water partition coefficient (Wildman–Crippen LogP) is 1.72. The van der Waals surface area contributed by atoms with E-state index < -0.39 is 10.0 Å². The summed E-state index contributed by atoms with van der Waals surface area (Å²) in [5, 5.41) is 0.969. The maximum absolute atomic E-state index is 12.9. The number of sulfonamides is 1. The van der Waals surface area contributed by atoms with Gasteiger partial charge in [-0.2, -0.15) is 4.72 Å². The lowest BCUT2D eigenvalue weighted by Crippen LogP contribution is -2.33. The van der Waals surface area contributed by atoms with E-state index in [-0.39, 0.29) is 18.0 Å². The molecule has 0 fully saturated rings. The molecule has 0 amide bonds. The molecule has 4 rings (SSSR count). The van der Waals surface area contributed by atoms with E-state index in [1.165, 1.54) is 4.57 Å². The highest BCUT2D eigenvalue weighted by Crippen LogP contribution is 2.38. The van der Waals surface area contributed by atoms with Gasteiger partial charge >= 0.3 is 0 Å². The Morgan fingerprint density at radius 1 is 0.920 bits per heavy atom. The number of benzene rings is 2. The second kappa shape index (κ2) is 5.37. The fourth-order valence-corrected chi connectivity index (χ4v) is 3.63. The van der Waals surface area contributed by atoms with Crippen molar-refractivity contribution >= 4 is 26.6 Å². The van der Waals surface area contributed by atoms with Crippen molar-refractivity contribution in [3.8, 4) is 11.3 Å². The molecule has 1 aromatic heterocycles. The molecule has 2 aromatic carbocycles. The number of ketones is 1. The van der Waals surface area contributed by atoms with Crippen LogP contribution >= 0.6 is 0 Å². The van der Waals surface area contributed by atoms with Gasteiger partial charge < -0.3 is 0 Å². The van der Waals surface area contributed by atoms with Gasteiger partial charge in [0.2, 0.25) is 10.0 Å². The lowest BCUT2D eigenvalue weighted by molar-refractivity contribution is 0.104. The normalized spacial score (nSPS) is 13.1. The van der Waals surface area contributed by atoms with Crippen LogP contribution in [0.4, 0.5) is 0 Å². The molecule has 1 heterocycles. The first-order valence-electron chi connectivity index (χ1n) is 7.63. The second-order valence-corrected chi connectivity index (χ2v) is 7.78. The lowest BCUT2D eigenvalue weighted by Gasteiger charge is -2.15. The van der Waals surface area contributed by atoms with E-state index in [2.05, 4.69) is 4.72 Å². The van der Waals surface area contributed by atoms with E-state index in [9.17, 15) is 18.0 Å². The third-order valence-electron chi connectivity index (χ3n) is 4.32. The lowest BCUT2D eigenvalue weighted by atomic mass is 10.0. The van der Waals surface area contributed by atoms with Gasteiger partial charge in [-0.05, 0) is 6.07 Å². The molecule has 0 atom stereocenters. The molecule has 0 aliphatic heterocycles. The first kappa shape index (κ1) is 15.7. The topological polar surface area (TPSA) is 85.2 Å². The van der Waals surface area contributed by atoms with Gasteiger partial charge in [0.15, 0.2) is 5.78 Å². The number of carbonyl (C=O) groups is 1. The first-order chi connectivity index (χ1) is 11.9. The van der Waals surface area contributed by atoms with E-state index in [1.54, 1.807) is 48.5 Å². The predicted molar refractivity (Wildman–Crippen MR) is 95.1 cm³/mol. The number of fused-ring (bicyclic) bond motifs is 5. The number of hydrogen-bond donors (Lipinski definition) is 1. The van der Waals surface area contributed by atoms with Gasteiger partial charge in [-0.1, -0.05) is 42.5 Å². The van der Waals surface area contributed by atoms with Gasteiger partial charge in [0.05, 0.1) is 24.2 Å². The minimum Gasteiger partial charge on any atom is -0.293 e. The molecule has 1 N–H and O–H groups in total. The summed E-state index contributed by atoms with van der Waals surface area (Å²) in [5.74, 6) is -0.157. The number of pyridine rings is 1. The average Bonchev–Trinajstić information content (AvgIpc) is 2.88. The molecular formula is C18H14N2O4S. The van der Waals surface area contributed by atoms with Gasteiger partial charge in [0.1, 0.15) is 0 Å². The van der Waals surface area contributed by atoms with Crippen molar-refractivity contribution in [3.63, 3.8) is 0 Å². The molecule has 0 saturated heterocycles. The quantitative estimate of drug-likeness (QED) is 0.607. The van der Waals surface area contributed by atoms with Crippen LogP contribution in [0.25, 0.3) is 22.0 Å². The van der Waals surface area contributed by atoms with Crippen LogP contribution in [0.3, 0.4) is 0 Å². The minimum atomic E-state index is -3.50. The van der Waals surface area contributed by atoms with Crippen LogP contribution in [0, 0.1) is 0 Å². The highest BCUT2D eigenvalue weighted by Gasteiger charge is 2.32. The largest absolute Gasteiger partial charge is 0.293 e. The van der Waals surface area contributed by atoms with Crippen LogP contribution in [0.1, 0.15) is 15.9 Å². The Labute approximate surface area is 143 Å². The molecular weight excluding hydrogens is 340 g/mol. The van der Waals surface area contributed by atoms with Gasteiger partial charge in [-0.15, -0.1) is 0 Å². The van der Waals surface area contributed by atoms with Gasteiger partial charge in [0, 0.05) is 21.9 Å². The smallest absolute Gasteiger partial charge is 0.260 e. The molecule has 0 unspecified atom stereocenters. The monoisotopic (exact) mass is 354 g/mol. The van der Waals surface area contributed by atoms with E-state index in [4.69, 9.17) is 0 Å². The first-order valence-corrected chi connectivity index (χ1v) is 9.52. The summed E-state index contributed by atoms with van der Waals surface area (Å²) in [4.78, 5) is 25.9. The molecule has 0 radical (unpaired) electrons. The SMILES string of the molecule is CS(=O)(=O)NCn1c2c(c3ccccc3c1=O)C(=O)c1ccccc1-2. The molecule has 1 aliphatic rings. The zero-order valence-electron chi connectivity index (χ0n) is 13.3. The number of carbonyl (C=O) groups excluding carboxylic acids is 1. The van der Waals surface area contributed by atoms with Crippen LogP contribution in [0.5, 0.6) is 0 Å². The molecule has 6 nitrogen and oxygen atoms in total. The zero-order chi connectivity index (χ0) is 17.8. The van der Waals surface area contributed by atoms with Crippen molar-refractivity contribution in [2.75, 3.05) is 6.26 Å². The molecule has 0 spiro atoms. The van der Waals surface area contributed by atoms with Gasteiger partial charge in [-0.3, -0.25) is 14.2 Å². The maximum atomic E-state index is 12.9. The number of aromatic nitrogens is 1. The van der Waals surface area contributed by atoms with Crippen molar-refractivity contribution < 1.29 is 13.2 Å². The Hall–Kier alpha value is -2.77. The van der Waals surface area contributed by atoms with E-state index in [0.717, 1.165) is 6.26 Å². The summed E-state index contributed by atoms with van der Waals surface area (Å²) in [6.45, 7) is -0.230. The molecule has 1 aliphatic carbocycles. The highest BCUT2D eigenvalue weighted by atomic mass is 32.2. The summed E-state index contributed by atoms with van der Waals surface area (Å²) >= 11 is 0. The second-order valence-electron chi connectivity index (χ2n) is 5.95. The van der Waals surface area contributed by atoms with Crippen molar-refractivity contribution in [2.45, 2.75) is 6.67 Å². The van der Waals surface area contributed by atoms with Gasteiger partial charge in [0.25, 0.3) is 5.56 Å². The molecule has 3 aromatic rings. The third-order valence-corrected chi connectivity index (χ3v) is 4.97.